The lowest BCUT2D eigenvalue weighted by atomic mass is 10.2. The Hall–Kier alpha value is -1.63. The fourth-order valence-electron chi connectivity index (χ4n) is 0.402. The lowest BCUT2D eigenvalue weighted by molar-refractivity contribution is -0.140. The molecule has 0 saturated heterocycles. The summed E-state index contributed by atoms with van der Waals surface area (Å²) in [5, 5.41) is 23.7. The average Bonchev–Trinajstić information content (AvgIpc) is 1.98. The molecule has 14 heavy (non-hydrogen) atoms. The Morgan fingerprint density at radius 3 is 1.79 bits per heavy atom. The molecular formula is C7H13NO6. The van der Waals surface area contributed by atoms with E-state index in [2.05, 4.69) is 0 Å². The molecule has 0 heterocycles. The number of aliphatic carboxylic acids is 3. The van der Waals surface area contributed by atoms with Gasteiger partial charge >= 0.3 is 11.9 Å². The smallest absolute Gasteiger partial charge is 0.320 e. The molecule has 0 aliphatic rings. The maximum absolute atomic E-state index is 9.99. The van der Waals surface area contributed by atoms with E-state index in [1.807, 2.05) is 0 Å². The largest absolute Gasteiger partial charge is 0.481 e. The Balaban J connectivity index is 0. The summed E-state index contributed by atoms with van der Waals surface area (Å²) in [4.78, 5) is 28.9. The molecule has 5 N–H and O–H groups in total. The van der Waals surface area contributed by atoms with Crippen molar-refractivity contribution in [2.45, 2.75) is 25.8 Å². The second-order valence-corrected chi connectivity index (χ2v) is 2.40. The van der Waals surface area contributed by atoms with Crippen LogP contribution in [0.1, 0.15) is 19.8 Å². The molecule has 82 valence electrons. The van der Waals surface area contributed by atoms with Crippen molar-refractivity contribution >= 4 is 17.9 Å². The Bertz CT molecular complexity index is 210. The predicted octanol–water partition coefficient (Wildman–Crippen LogP) is -0.646. The number of hydrogen-bond acceptors (Lipinski definition) is 4. The highest BCUT2D eigenvalue weighted by Gasteiger charge is 2.12. The van der Waals surface area contributed by atoms with E-state index in [-0.39, 0.29) is 12.8 Å². The molecule has 0 aromatic carbocycles. The summed E-state index contributed by atoms with van der Waals surface area (Å²) in [7, 11) is 0. The van der Waals surface area contributed by atoms with Crippen LogP contribution in [0.5, 0.6) is 0 Å². The summed E-state index contributed by atoms with van der Waals surface area (Å²) in [6.07, 6.45) is -0.224. The fraction of sp³-hybridized carbons (Fsp3) is 0.571. The maximum Gasteiger partial charge on any atom is 0.320 e. The summed E-state index contributed by atoms with van der Waals surface area (Å²) in [6, 6.07) is -1.06. The van der Waals surface area contributed by atoms with Gasteiger partial charge in [0.2, 0.25) is 0 Å². The van der Waals surface area contributed by atoms with Crippen molar-refractivity contribution in [3.8, 4) is 0 Å². The SMILES string of the molecule is CC(=O)O.NC(CCC(=O)O)C(=O)O. The lowest BCUT2D eigenvalue weighted by Crippen LogP contribution is -2.30. The van der Waals surface area contributed by atoms with Crippen LogP contribution in [0.2, 0.25) is 0 Å². The Morgan fingerprint density at radius 1 is 1.21 bits per heavy atom. The van der Waals surface area contributed by atoms with E-state index in [1.54, 1.807) is 0 Å². The fourth-order valence-corrected chi connectivity index (χ4v) is 0.402. The van der Waals surface area contributed by atoms with Gasteiger partial charge < -0.3 is 21.1 Å². The lowest BCUT2D eigenvalue weighted by Gasteiger charge is -2.01. The van der Waals surface area contributed by atoms with Gasteiger partial charge in [0.1, 0.15) is 6.04 Å². The second-order valence-electron chi connectivity index (χ2n) is 2.40. The van der Waals surface area contributed by atoms with E-state index >= 15 is 0 Å². The van der Waals surface area contributed by atoms with E-state index < -0.39 is 23.9 Å². The Kier molecular flexibility index (Phi) is 8.49. The van der Waals surface area contributed by atoms with Crippen molar-refractivity contribution in [2.75, 3.05) is 0 Å². The normalized spacial score (nSPS) is 10.7. The molecular weight excluding hydrogens is 194 g/mol. The van der Waals surface area contributed by atoms with Gasteiger partial charge in [-0.05, 0) is 6.42 Å². The Morgan fingerprint density at radius 2 is 1.57 bits per heavy atom. The van der Waals surface area contributed by atoms with Crippen LogP contribution in [0, 0.1) is 0 Å². The average molecular weight is 207 g/mol. The minimum atomic E-state index is -1.17. The zero-order valence-corrected chi connectivity index (χ0v) is 7.64. The van der Waals surface area contributed by atoms with Crippen LogP contribution in [-0.2, 0) is 14.4 Å². The van der Waals surface area contributed by atoms with Gasteiger partial charge in [-0.2, -0.15) is 0 Å². The van der Waals surface area contributed by atoms with Crippen molar-refractivity contribution in [1.29, 1.82) is 0 Å². The van der Waals surface area contributed by atoms with E-state index in [0.29, 0.717) is 0 Å². The first-order valence-electron chi connectivity index (χ1n) is 3.67. The second kappa shape index (κ2) is 7.99. The van der Waals surface area contributed by atoms with E-state index in [9.17, 15) is 9.59 Å². The molecule has 0 amide bonds. The van der Waals surface area contributed by atoms with Gasteiger partial charge in [-0.15, -0.1) is 0 Å². The number of carbonyl (C=O) groups is 3. The van der Waals surface area contributed by atoms with Gasteiger partial charge in [-0.3, -0.25) is 14.4 Å². The standard InChI is InChI=1S/C5H9NO4.C2H4O2/c6-3(5(9)10)1-2-4(7)8;1-2(3)4/h3H,1-2,6H2,(H,7,8)(H,9,10);1H3,(H,3,4). The molecule has 0 radical (unpaired) electrons. The monoisotopic (exact) mass is 207 g/mol. The number of hydrogen-bond donors (Lipinski definition) is 4. The summed E-state index contributed by atoms with van der Waals surface area (Å²) >= 11 is 0. The Labute approximate surface area is 80.1 Å². The van der Waals surface area contributed by atoms with Crippen molar-refractivity contribution in [3.05, 3.63) is 0 Å². The molecule has 0 bridgehead atoms. The molecule has 0 aromatic rings. The van der Waals surface area contributed by atoms with Crippen molar-refractivity contribution in [1.82, 2.24) is 0 Å². The molecule has 0 rings (SSSR count). The third-order valence-corrected chi connectivity index (χ3v) is 0.986. The molecule has 0 spiro atoms. The maximum atomic E-state index is 9.99. The molecule has 1 atom stereocenters. The minimum Gasteiger partial charge on any atom is -0.481 e. The van der Waals surface area contributed by atoms with Gasteiger partial charge in [0, 0.05) is 13.3 Å². The van der Waals surface area contributed by atoms with Gasteiger partial charge in [-0.25, -0.2) is 0 Å². The van der Waals surface area contributed by atoms with Crippen molar-refractivity contribution < 1.29 is 29.7 Å². The third-order valence-electron chi connectivity index (χ3n) is 0.986. The first kappa shape index (κ1) is 14.9. The summed E-state index contributed by atoms with van der Waals surface area (Å²) in [5.41, 5.74) is 5.00. The molecule has 7 heteroatoms. The molecule has 1 unspecified atom stereocenters. The zero-order chi connectivity index (χ0) is 11.7. The highest BCUT2D eigenvalue weighted by molar-refractivity contribution is 5.74. The zero-order valence-electron chi connectivity index (χ0n) is 7.64. The van der Waals surface area contributed by atoms with E-state index in [0.717, 1.165) is 6.92 Å². The molecule has 7 nitrogen and oxygen atoms in total. The van der Waals surface area contributed by atoms with Crippen LogP contribution < -0.4 is 5.73 Å². The number of rotatable bonds is 4. The first-order chi connectivity index (χ1) is 6.27. The predicted molar refractivity (Wildman–Crippen MR) is 45.8 cm³/mol. The molecule has 0 aliphatic carbocycles. The highest BCUT2D eigenvalue weighted by atomic mass is 16.4. The summed E-state index contributed by atoms with van der Waals surface area (Å²) < 4.78 is 0. The van der Waals surface area contributed by atoms with Crippen LogP contribution in [-0.4, -0.2) is 39.3 Å². The van der Waals surface area contributed by atoms with Crippen molar-refractivity contribution in [2.24, 2.45) is 5.73 Å². The van der Waals surface area contributed by atoms with Gasteiger partial charge in [0.15, 0.2) is 0 Å². The van der Waals surface area contributed by atoms with Gasteiger partial charge in [0.25, 0.3) is 5.97 Å². The van der Waals surface area contributed by atoms with Crippen LogP contribution in [0.25, 0.3) is 0 Å². The summed E-state index contributed by atoms with van der Waals surface area (Å²) in [5.74, 6) is -3.03. The number of nitrogens with two attached hydrogens (primary N) is 1. The molecule has 0 aliphatic heterocycles. The van der Waals surface area contributed by atoms with Gasteiger partial charge in [-0.1, -0.05) is 0 Å². The van der Waals surface area contributed by atoms with Crippen LogP contribution in [0.3, 0.4) is 0 Å². The topological polar surface area (TPSA) is 138 Å². The molecule has 0 saturated carbocycles. The van der Waals surface area contributed by atoms with Crippen LogP contribution in [0.4, 0.5) is 0 Å². The van der Waals surface area contributed by atoms with Crippen LogP contribution >= 0.6 is 0 Å². The third kappa shape index (κ3) is 16.8. The van der Waals surface area contributed by atoms with Crippen LogP contribution in [0.15, 0.2) is 0 Å². The molecule has 0 fully saturated rings. The van der Waals surface area contributed by atoms with Crippen molar-refractivity contribution in [3.63, 3.8) is 0 Å². The van der Waals surface area contributed by atoms with E-state index in [1.165, 1.54) is 0 Å². The quantitative estimate of drug-likeness (QED) is 0.480. The summed E-state index contributed by atoms with van der Waals surface area (Å²) in [6.45, 7) is 1.08. The van der Waals surface area contributed by atoms with Gasteiger partial charge in [0.05, 0.1) is 0 Å². The molecule has 0 aromatic heterocycles. The highest BCUT2D eigenvalue weighted by Crippen LogP contribution is 1.93. The van der Waals surface area contributed by atoms with E-state index in [4.69, 9.17) is 25.8 Å². The number of carboxylic acid groups (broad SMARTS) is 3. The minimum absolute atomic E-state index is 0.0231. The number of carboxylic acids is 3. The first-order valence-corrected chi connectivity index (χ1v) is 3.67.